The van der Waals surface area contributed by atoms with Crippen molar-refractivity contribution in [2.45, 2.75) is 44.6 Å². The first kappa shape index (κ1) is 22.4. The molecule has 3 saturated heterocycles. The lowest BCUT2D eigenvalue weighted by Gasteiger charge is -2.40. The molecule has 0 N–H and O–H groups in total. The van der Waals surface area contributed by atoms with Crippen LogP contribution in [0.1, 0.15) is 48.9 Å². The number of rotatable bonds is 6. The lowest BCUT2D eigenvalue weighted by Crippen LogP contribution is -2.47. The maximum Gasteiger partial charge on any atom is 0.253 e. The molecular weight excluding hydrogens is 410 g/mol. The van der Waals surface area contributed by atoms with Crippen LogP contribution in [-0.2, 0) is 0 Å². The largest absolute Gasteiger partial charge is 0.457 e. The molecule has 0 aliphatic carbocycles. The third kappa shape index (κ3) is 5.77. The van der Waals surface area contributed by atoms with E-state index in [9.17, 15) is 4.79 Å². The Kier molecular flexibility index (Phi) is 7.27. The van der Waals surface area contributed by atoms with Gasteiger partial charge >= 0.3 is 0 Å². The first-order valence-electron chi connectivity index (χ1n) is 12.8. The summed E-state index contributed by atoms with van der Waals surface area (Å²) in [6.07, 6.45) is 7.92. The Morgan fingerprint density at radius 1 is 0.788 bits per heavy atom. The monoisotopic (exact) mass is 447 g/mol. The molecule has 0 bridgehead atoms. The highest BCUT2D eigenvalue weighted by atomic mass is 16.5. The SMILES string of the molecule is O=C(c1ccc(Oc2ccccc2)cc1)N1CCC(CN2CCC(N3CCCCC3)CC2)C1. The summed E-state index contributed by atoms with van der Waals surface area (Å²) < 4.78 is 5.85. The maximum absolute atomic E-state index is 13.0. The van der Waals surface area contributed by atoms with Crippen LogP contribution >= 0.6 is 0 Å². The molecule has 1 unspecified atom stereocenters. The third-order valence-corrected chi connectivity index (χ3v) is 7.63. The van der Waals surface area contributed by atoms with E-state index in [4.69, 9.17) is 4.74 Å². The Balaban J connectivity index is 1.07. The van der Waals surface area contributed by atoms with E-state index in [0.29, 0.717) is 5.92 Å². The van der Waals surface area contributed by atoms with Crippen LogP contribution in [0.3, 0.4) is 0 Å². The summed E-state index contributed by atoms with van der Waals surface area (Å²) in [5, 5.41) is 0. The van der Waals surface area contributed by atoms with Gasteiger partial charge in [0.05, 0.1) is 0 Å². The quantitative estimate of drug-likeness (QED) is 0.632. The smallest absolute Gasteiger partial charge is 0.253 e. The van der Waals surface area contributed by atoms with Crippen molar-refractivity contribution in [3.63, 3.8) is 0 Å². The number of para-hydroxylation sites is 1. The molecule has 3 aliphatic heterocycles. The molecule has 3 aliphatic rings. The van der Waals surface area contributed by atoms with Crippen molar-refractivity contribution in [3.8, 4) is 11.5 Å². The Bertz CT molecular complexity index is 887. The first-order valence-corrected chi connectivity index (χ1v) is 12.8. The van der Waals surface area contributed by atoms with Gasteiger partial charge in [-0.3, -0.25) is 4.79 Å². The maximum atomic E-state index is 13.0. The van der Waals surface area contributed by atoms with Crippen molar-refractivity contribution in [1.29, 1.82) is 0 Å². The molecule has 1 atom stereocenters. The van der Waals surface area contributed by atoms with Crippen LogP contribution in [0.25, 0.3) is 0 Å². The van der Waals surface area contributed by atoms with Gasteiger partial charge in [-0.2, -0.15) is 0 Å². The highest BCUT2D eigenvalue weighted by molar-refractivity contribution is 5.94. The normalized spacial score (nSPS) is 23.0. The highest BCUT2D eigenvalue weighted by Gasteiger charge is 2.31. The van der Waals surface area contributed by atoms with E-state index >= 15 is 0 Å². The molecule has 5 rings (SSSR count). The summed E-state index contributed by atoms with van der Waals surface area (Å²) in [5.74, 6) is 2.30. The minimum atomic E-state index is 0.146. The van der Waals surface area contributed by atoms with Gasteiger partial charge in [0.25, 0.3) is 5.91 Å². The molecule has 33 heavy (non-hydrogen) atoms. The topological polar surface area (TPSA) is 36.0 Å². The van der Waals surface area contributed by atoms with E-state index in [1.165, 1.54) is 58.3 Å². The van der Waals surface area contributed by atoms with Crippen molar-refractivity contribution in [1.82, 2.24) is 14.7 Å². The summed E-state index contributed by atoms with van der Waals surface area (Å²) >= 11 is 0. The molecule has 3 heterocycles. The fourth-order valence-electron chi connectivity index (χ4n) is 5.75. The second-order valence-electron chi connectivity index (χ2n) is 9.97. The van der Waals surface area contributed by atoms with Gasteiger partial charge in [0, 0.05) is 31.2 Å². The van der Waals surface area contributed by atoms with Crippen LogP contribution in [0.5, 0.6) is 11.5 Å². The molecule has 0 aromatic heterocycles. The zero-order chi connectivity index (χ0) is 22.5. The second kappa shape index (κ2) is 10.7. The third-order valence-electron chi connectivity index (χ3n) is 7.63. The van der Waals surface area contributed by atoms with Gasteiger partial charge in [0.2, 0.25) is 0 Å². The first-order chi connectivity index (χ1) is 16.2. The molecule has 5 heteroatoms. The zero-order valence-electron chi connectivity index (χ0n) is 19.7. The zero-order valence-corrected chi connectivity index (χ0v) is 19.7. The number of ether oxygens (including phenoxy) is 1. The van der Waals surface area contributed by atoms with Crippen molar-refractivity contribution in [2.24, 2.45) is 5.92 Å². The fraction of sp³-hybridized carbons (Fsp3) is 0.536. The molecule has 1 amide bonds. The molecule has 2 aromatic carbocycles. The van der Waals surface area contributed by atoms with Gasteiger partial charge in [0.1, 0.15) is 11.5 Å². The lowest BCUT2D eigenvalue weighted by atomic mass is 9.98. The average molecular weight is 448 g/mol. The van der Waals surface area contributed by atoms with Gasteiger partial charge in [-0.05, 0) is 101 Å². The van der Waals surface area contributed by atoms with Gasteiger partial charge in [-0.25, -0.2) is 0 Å². The van der Waals surface area contributed by atoms with Gasteiger partial charge < -0.3 is 19.4 Å². The lowest BCUT2D eigenvalue weighted by molar-refractivity contribution is 0.0761. The summed E-state index contributed by atoms with van der Waals surface area (Å²) in [6, 6.07) is 18.1. The Labute approximate surface area is 198 Å². The van der Waals surface area contributed by atoms with Crippen molar-refractivity contribution >= 4 is 5.91 Å². The Morgan fingerprint density at radius 3 is 2.21 bits per heavy atom. The van der Waals surface area contributed by atoms with E-state index < -0.39 is 0 Å². The molecule has 176 valence electrons. The summed E-state index contributed by atoms with van der Waals surface area (Å²) in [5.41, 5.74) is 0.749. The minimum Gasteiger partial charge on any atom is -0.457 e. The van der Waals surface area contributed by atoms with E-state index in [1.807, 2.05) is 59.5 Å². The Hall–Kier alpha value is -2.37. The molecule has 2 aromatic rings. The minimum absolute atomic E-state index is 0.146. The number of piperidine rings is 2. The average Bonchev–Trinajstić information content (AvgIpc) is 3.34. The molecule has 0 spiro atoms. The van der Waals surface area contributed by atoms with Gasteiger partial charge in [-0.1, -0.05) is 24.6 Å². The van der Waals surface area contributed by atoms with E-state index in [-0.39, 0.29) is 5.91 Å². The highest BCUT2D eigenvalue weighted by Crippen LogP contribution is 2.26. The van der Waals surface area contributed by atoms with Crippen LogP contribution in [0.2, 0.25) is 0 Å². The fourth-order valence-corrected chi connectivity index (χ4v) is 5.75. The number of benzene rings is 2. The number of amides is 1. The number of hydrogen-bond donors (Lipinski definition) is 0. The second-order valence-corrected chi connectivity index (χ2v) is 9.97. The molecule has 3 fully saturated rings. The van der Waals surface area contributed by atoms with E-state index in [0.717, 1.165) is 49.2 Å². The van der Waals surface area contributed by atoms with Gasteiger partial charge in [-0.15, -0.1) is 0 Å². The number of nitrogens with zero attached hydrogens (tertiary/aromatic N) is 3. The van der Waals surface area contributed by atoms with Crippen molar-refractivity contribution in [3.05, 3.63) is 60.2 Å². The van der Waals surface area contributed by atoms with Crippen LogP contribution in [0, 0.1) is 5.92 Å². The molecular formula is C28H37N3O2. The van der Waals surface area contributed by atoms with Crippen LogP contribution < -0.4 is 4.74 Å². The van der Waals surface area contributed by atoms with Crippen molar-refractivity contribution < 1.29 is 9.53 Å². The predicted molar refractivity (Wildman–Crippen MR) is 132 cm³/mol. The standard InChI is InChI=1S/C28H37N3O2/c32-28(24-9-11-27(12-10-24)33-26-7-3-1-4-8-26)31-20-13-23(22-31)21-29-18-14-25(15-19-29)30-16-5-2-6-17-30/h1,3-4,7-12,23,25H,2,5-6,13-22H2. The Morgan fingerprint density at radius 2 is 1.48 bits per heavy atom. The number of carbonyl (C=O) groups is 1. The van der Waals surface area contributed by atoms with Crippen LogP contribution in [0.4, 0.5) is 0 Å². The summed E-state index contributed by atoms with van der Waals surface area (Å²) in [7, 11) is 0. The summed E-state index contributed by atoms with van der Waals surface area (Å²) in [4.78, 5) is 20.5. The van der Waals surface area contributed by atoms with Crippen molar-refractivity contribution in [2.75, 3.05) is 45.8 Å². The predicted octanol–water partition coefficient (Wildman–Crippen LogP) is 4.89. The van der Waals surface area contributed by atoms with Crippen LogP contribution in [0.15, 0.2) is 54.6 Å². The molecule has 0 saturated carbocycles. The molecule has 5 nitrogen and oxygen atoms in total. The molecule has 0 radical (unpaired) electrons. The number of likely N-dealkylation sites (tertiary alicyclic amines) is 3. The van der Waals surface area contributed by atoms with Gasteiger partial charge in [0.15, 0.2) is 0 Å². The van der Waals surface area contributed by atoms with E-state index in [2.05, 4.69) is 9.80 Å². The number of carbonyl (C=O) groups excluding carboxylic acids is 1. The summed E-state index contributed by atoms with van der Waals surface area (Å²) in [6.45, 7) is 7.94. The van der Waals surface area contributed by atoms with E-state index in [1.54, 1.807) is 0 Å². The number of hydrogen-bond acceptors (Lipinski definition) is 4. The van der Waals surface area contributed by atoms with Crippen LogP contribution in [-0.4, -0.2) is 72.5 Å².